The van der Waals surface area contributed by atoms with Crippen molar-refractivity contribution < 1.29 is 4.79 Å². The number of halogens is 2. The lowest BCUT2D eigenvalue weighted by molar-refractivity contribution is 0.0935. The molecule has 94 valence electrons. The molecule has 0 bridgehead atoms. The fourth-order valence-electron chi connectivity index (χ4n) is 1.68. The highest BCUT2D eigenvalue weighted by molar-refractivity contribution is 9.10. The number of hydrogen-bond donors (Lipinski definition) is 2. The van der Waals surface area contributed by atoms with E-state index in [4.69, 9.17) is 11.6 Å². The smallest absolute Gasteiger partial charge is 0.268 e. The number of rotatable bonds is 3. The van der Waals surface area contributed by atoms with Gasteiger partial charge in [0.15, 0.2) is 0 Å². The molecule has 1 aromatic carbocycles. The lowest BCUT2D eigenvalue weighted by atomic mass is 10.1. The van der Waals surface area contributed by atoms with Gasteiger partial charge in [-0.3, -0.25) is 4.79 Å². The van der Waals surface area contributed by atoms with Crippen molar-refractivity contribution in [3.8, 4) is 0 Å². The van der Waals surface area contributed by atoms with Gasteiger partial charge in [0.25, 0.3) is 5.91 Å². The van der Waals surface area contributed by atoms with Crippen LogP contribution in [0.3, 0.4) is 0 Å². The average Bonchev–Trinajstić information content (AvgIpc) is 2.76. The van der Waals surface area contributed by atoms with Crippen molar-refractivity contribution >= 4 is 33.4 Å². The van der Waals surface area contributed by atoms with Crippen LogP contribution in [0.1, 0.15) is 29.0 Å². The summed E-state index contributed by atoms with van der Waals surface area (Å²) in [6.45, 7) is 1.90. The normalized spacial score (nSPS) is 12.2. The first-order valence-corrected chi connectivity index (χ1v) is 6.64. The summed E-state index contributed by atoms with van der Waals surface area (Å²) in [4.78, 5) is 14.8. The van der Waals surface area contributed by atoms with Crippen molar-refractivity contribution in [2.75, 3.05) is 0 Å². The summed E-state index contributed by atoms with van der Waals surface area (Å²) < 4.78 is 0.845. The molecule has 5 heteroatoms. The maximum absolute atomic E-state index is 11.9. The molecule has 1 unspecified atom stereocenters. The first-order valence-electron chi connectivity index (χ1n) is 5.47. The molecule has 1 atom stereocenters. The molecule has 2 rings (SSSR count). The highest BCUT2D eigenvalue weighted by atomic mass is 79.9. The zero-order valence-electron chi connectivity index (χ0n) is 9.71. The molecule has 0 radical (unpaired) electrons. The van der Waals surface area contributed by atoms with E-state index in [9.17, 15) is 4.79 Å². The lowest BCUT2D eigenvalue weighted by Crippen LogP contribution is -2.27. The Morgan fingerprint density at radius 1 is 1.44 bits per heavy atom. The first kappa shape index (κ1) is 13.2. The maximum atomic E-state index is 11.9. The summed E-state index contributed by atoms with van der Waals surface area (Å²) in [5.74, 6) is -0.159. The molecule has 1 heterocycles. The summed E-state index contributed by atoms with van der Waals surface area (Å²) in [5, 5.41) is 3.54. The summed E-state index contributed by atoms with van der Waals surface area (Å²) in [6, 6.07) is 9.06. The van der Waals surface area contributed by atoms with Gasteiger partial charge in [0, 0.05) is 15.7 Å². The molecule has 1 aromatic heterocycles. The molecule has 0 saturated heterocycles. The van der Waals surface area contributed by atoms with Gasteiger partial charge in [0.2, 0.25) is 0 Å². The Hall–Kier alpha value is -1.26. The molecular weight excluding hydrogens is 316 g/mol. The van der Waals surface area contributed by atoms with Crippen LogP contribution >= 0.6 is 27.5 Å². The van der Waals surface area contributed by atoms with Gasteiger partial charge in [-0.1, -0.05) is 29.8 Å². The monoisotopic (exact) mass is 326 g/mol. The van der Waals surface area contributed by atoms with Crippen molar-refractivity contribution in [2.24, 2.45) is 0 Å². The second-order valence-electron chi connectivity index (χ2n) is 3.95. The van der Waals surface area contributed by atoms with Crippen LogP contribution in [0.15, 0.2) is 41.0 Å². The SMILES string of the molecule is CC(NC(=O)c1cc(Br)c[nH]1)c1ccccc1Cl. The minimum atomic E-state index is -0.159. The van der Waals surface area contributed by atoms with Gasteiger partial charge in [-0.25, -0.2) is 0 Å². The number of carbonyl (C=O) groups excluding carboxylic acids is 1. The Kier molecular flexibility index (Phi) is 4.09. The third-order valence-electron chi connectivity index (χ3n) is 2.61. The molecule has 0 aliphatic heterocycles. The molecule has 3 nitrogen and oxygen atoms in total. The number of hydrogen-bond acceptors (Lipinski definition) is 1. The molecule has 1 amide bonds. The van der Waals surface area contributed by atoms with Gasteiger partial charge in [-0.15, -0.1) is 0 Å². The molecule has 0 aliphatic carbocycles. The molecule has 0 fully saturated rings. The fourth-order valence-corrected chi connectivity index (χ4v) is 2.32. The summed E-state index contributed by atoms with van der Waals surface area (Å²) in [6.07, 6.45) is 1.72. The van der Waals surface area contributed by atoms with E-state index in [0.717, 1.165) is 10.0 Å². The Morgan fingerprint density at radius 3 is 2.78 bits per heavy atom. The predicted molar refractivity (Wildman–Crippen MR) is 75.8 cm³/mol. The van der Waals surface area contributed by atoms with Gasteiger partial charge in [0.1, 0.15) is 5.69 Å². The number of aromatic nitrogens is 1. The van der Waals surface area contributed by atoms with Crippen LogP contribution in [-0.4, -0.2) is 10.9 Å². The van der Waals surface area contributed by atoms with Crippen LogP contribution in [0.25, 0.3) is 0 Å². The number of aromatic amines is 1. The van der Waals surface area contributed by atoms with Crippen molar-refractivity contribution in [1.82, 2.24) is 10.3 Å². The van der Waals surface area contributed by atoms with Gasteiger partial charge < -0.3 is 10.3 Å². The molecule has 2 N–H and O–H groups in total. The first-order chi connectivity index (χ1) is 8.58. The van der Waals surface area contributed by atoms with Crippen LogP contribution in [0.2, 0.25) is 5.02 Å². The standard InChI is InChI=1S/C13H12BrClN2O/c1-8(10-4-2-3-5-11(10)15)17-13(18)12-6-9(14)7-16-12/h2-8,16H,1H3,(H,17,18). The van der Waals surface area contributed by atoms with Gasteiger partial charge >= 0.3 is 0 Å². The van der Waals surface area contributed by atoms with Crippen molar-refractivity contribution in [3.05, 3.63) is 57.3 Å². The molecule has 18 heavy (non-hydrogen) atoms. The minimum Gasteiger partial charge on any atom is -0.356 e. The Labute approximate surface area is 119 Å². The highest BCUT2D eigenvalue weighted by Gasteiger charge is 2.14. The van der Waals surface area contributed by atoms with E-state index in [-0.39, 0.29) is 11.9 Å². The number of amides is 1. The number of benzene rings is 1. The largest absolute Gasteiger partial charge is 0.356 e. The van der Waals surface area contributed by atoms with E-state index in [0.29, 0.717) is 10.7 Å². The molecule has 0 aliphatic rings. The number of H-pyrrole nitrogens is 1. The number of carbonyl (C=O) groups is 1. The average molecular weight is 328 g/mol. The zero-order valence-corrected chi connectivity index (χ0v) is 12.0. The Balaban J connectivity index is 2.10. The van der Waals surface area contributed by atoms with E-state index >= 15 is 0 Å². The molecular formula is C13H12BrClN2O. The third kappa shape index (κ3) is 2.94. The second kappa shape index (κ2) is 5.59. The summed E-state index contributed by atoms with van der Waals surface area (Å²) in [7, 11) is 0. The van der Waals surface area contributed by atoms with E-state index < -0.39 is 0 Å². The van der Waals surface area contributed by atoms with E-state index in [2.05, 4.69) is 26.2 Å². The lowest BCUT2D eigenvalue weighted by Gasteiger charge is -2.15. The van der Waals surface area contributed by atoms with E-state index in [1.807, 2.05) is 31.2 Å². The highest BCUT2D eigenvalue weighted by Crippen LogP contribution is 2.22. The van der Waals surface area contributed by atoms with Crippen molar-refractivity contribution in [3.63, 3.8) is 0 Å². The van der Waals surface area contributed by atoms with Gasteiger partial charge in [0.05, 0.1) is 6.04 Å². The van der Waals surface area contributed by atoms with Crippen LogP contribution in [0, 0.1) is 0 Å². The van der Waals surface area contributed by atoms with E-state index in [1.54, 1.807) is 12.3 Å². The van der Waals surface area contributed by atoms with Gasteiger partial charge in [-0.2, -0.15) is 0 Å². The van der Waals surface area contributed by atoms with Gasteiger partial charge in [-0.05, 0) is 40.5 Å². The van der Waals surface area contributed by atoms with Crippen LogP contribution in [-0.2, 0) is 0 Å². The molecule has 0 spiro atoms. The van der Waals surface area contributed by atoms with E-state index in [1.165, 1.54) is 0 Å². The number of nitrogens with one attached hydrogen (secondary N) is 2. The van der Waals surface area contributed by atoms with Crippen molar-refractivity contribution in [2.45, 2.75) is 13.0 Å². The molecule has 2 aromatic rings. The predicted octanol–water partition coefficient (Wildman–Crippen LogP) is 3.92. The third-order valence-corrected chi connectivity index (χ3v) is 3.41. The fraction of sp³-hybridized carbons (Fsp3) is 0.154. The van der Waals surface area contributed by atoms with Crippen LogP contribution in [0.4, 0.5) is 0 Å². The Morgan fingerprint density at radius 2 is 2.17 bits per heavy atom. The second-order valence-corrected chi connectivity index (χ2v) is 5.27. The zero-order chi connectivity index (χ0) is 13.1. The van der Waals surface area contributed by atoms with Crippen LogP contribution < -0.4 is 5.32 Å². The maximum Gasteiger partial charge on any atom is 0.268 e. The Bertz CT molecular complexity index is 568. The molecule has 0 saturated carbocycles. The summed E-state index contributed by atoms with van der Waals surface area (Å²) in [5.41, 5.74) is 1.42. The summed E-state index contributed by atoms with van der Waals surface area (Å²) >= 11 is 9.38. The van der Waals surface area contributed by atoms with Crippen LogP contribution in [0.5, 0.6) is 0 Å². The van der Waals surface area contributed by atoms with Crippen molar-refractivity contribution in [1.29, 1.82) is 0 Å². The quantitative estimate of drug-likeness (QED) is 0.881. The topological polar surface area (TPSA) is 44.9 Å². The minimum absolute atomic E-state index is 0.145.